The maximum atomic E-state index is 11.8. The van der Waals surface area contributed by atoms with Crippen LogP contribution < -0.4 is 11.2 Å². The maximum absolute atomic E-state index is 11.8. The normalized spacial score (nSPS) is 24.1. The van der Waals surface area contributed by atoms with Crippen molar-refractivity contribution in [1.29, 1.82) is 0 Å². The average Bonchev–Trinajstić information content (AvgIpc) is 2.94. The summed E-state index contributed by atoms with van der Waals surface area (Å²) in [6.45, 7) is 4.76. The van der Waals surface area contributed by atoms with Gasteiger partial charge in [0, 0.05) is 26.0 Å². The first kappa shape index (κ1) is 18.0. The van der Waals surface area contributed by atoms with Gasteiger partial charge >= 0.3 is 5.69 Å². The predicted molar refractivity (Wildman–Crippen MR) is 94.4 cm³/mol. The second kappa shape index (κ2) is 7.95. The summed E-state index contributed by atoms with van der Waals surface area (Å²) in [7, 11) is -1.76. The van der Waals surface area contributed by atoms with Crippen LogP contribution in [0.15, 0.2) is 33.7 Å². The molecular formula is C16H25N2O4P. The smallest absolute Gasteiger partial charge is 0.330 e. The van der Waals surface area contributed by atoms with Crippen molar-refractivity contribution in [2.45, 2.75) is 45.4 Å². The van der Waals surface area contributed by atoms with Gasteiger partial charge in [-0.15, -0.1) is 0 Å². The molecule has 1 saturated heterocycles. The minimum absolute atomic E-state index is 0.0581. The van der Waals surface area contributed by atoms with Gasteiger partial charge < -0.3 is 9.26 Å². The molecule has 0 aromatic carbocycles. The Balaban J connectivity index is 2.05. The Kier molecular flexibility index (Phi) is 6.22. The van der Waals surface area contributed by atoms with Crippen molar-refractivity contribution in [2.75, 3.05) is 12.8 Å². The van der Waals surface area contributed by atoms with Gasteiger partial charge in [0.1, 0.15) is 6.23 Å². The summed E-state index contributed by atoms with van der Waals surface area (Å²) >= 11 is 0. The molecule has 1 aliphatic heterocycles. The van der Waals surface area contributed by atoms with Crippen molar-refractivity contribution in [3.63, 3.8) is 0 Å². The highest BCUT2D eigenvalue weighted by molar-refractivity contribution is 7.72. The fourth-order valence-corrected chi connectivity index (χ4v) is 4.86. The molecule has 3 atom stereocenters. The first-order valence-corrected chi connectivity index (χ1v) is 10.1. The van der Waals surface area contributed by atoms with Crippen molar-refractivity contribution in [2.24, 2.45) is 0 Å². The SMILES string of the molecule is C=P(/C=C/C1CCC(n2ccc(=O)[nH]c2=O)O1)(CCC)OCC. The highest BCUT2D eigenvalue weighted by Gasteiger charge is 2.26. The molecule has 0 aliphatic carbocycles. The largest absolute Gasteiger partial charge is 0.358 e. The van der Waals surface area contributed by atoms with Gasteiger partial charge in [0.2, 0.25) is 0 Å². The van der Waals surface area contributed by atoms with Gasteiger partial charge in [-0.25, -0.2) is 4.79 Å². The van der Waals surface area contributed by atoms with Crippen LogP contribution in [0.4, 0.5) is 0 Å². The molecule has 1 fully saturated rings. The van der Waals surface area contributed by atoms with Crippen LogP contribution in [-0.4, -0.2) is 34.7 Å². The van der Waals surface area contributed by atoms with Crippen molar-refractivity contribution < 1.29 is 9.26 Å². The molecule has 7 heteroatoms. The van der Waals surface area contributed by atoms with Crippen LogP contribution in [0.1, 0.15) is 39.3 Å². The third-order valence-electron chi connectivity index (χ3n) is 3.75. The van der Waals surface area contributed by atoms with Crippen LogP contribution in [0.25, 0.3) is 0 Å². The minimum atomic E-state index is -1.76. The minimum Gasteiger partial charge on any atom is -0.358 e. The summed E-state index contributed by atoms with van der Waals surface area (Å²) < 4.78 is 13.2. The van der Waals surface area contributed by atoms with Crippen LogP contribution >= 0.6 is 7.11 Å². The fourth-order valence-electron chi connectivity index (χ4n) is 2.72. The third kappa shape index (κ3) is 4.80. The summed E-state index contributed by atoms with van der Waals surface area (Å²) in [6, 6.07) is 1.33. The molecule has 3 unspecified atom stereocenters. The van der Waals surface area contributed by atoms with Crippen LogP contribution in [0, 0.1) is 0 Å². The Hall–Kier alpha value is -1.36. The number of aromatic nitrogens is 2. The molecule has 1 aromatic rings. The highest BCUT2D eigenvalue weighted by atomic mass is 31.2. The Morgan fingerprint density at radius 1 is 1.48 bits per heavy atom. The van der Waals surface area contributed by atoms with Crippen LogP contribution in [0.5, 0.6) is 0 Å². The lowest BCUT2D eigenvalue weighted by atomic mass is 10.2. The first-order chi connectivity index (χ1) is 11.0. The average molecular weight is 340 g/mol. The maximum Gasteiger partial charge on any atom is 0.330 e. The van der Waals surface area contributed by atoms with E-state index in [4.69, 9.17) is 9.26 Å². The molecule has 0 radical (unpaired) electrons. The number of hydrogen-bond donors (Lipinski definition) is 1. The lowest BCUT2D eigenvalue weighted by Gasteiger charge is -2.20. The Labute approximate surface area is 136 Å². The summed E-state index contributed by atoms with van der Waals surface area (Å²) in [5.74, 6) is 2.07. The molecule has 0 amide bonds. The quantitative estimate of drug-likeness (QED) is 0.774. The van der Waals surface area contributed by atoms with Crippen molar-refractivity contribution in [3.05, 3.63) is 45.0 Å². The molecule has 0 saturated carbocycles. The zero-order valence-electron chi connectivity index (χ0n) is 13.7. The van der Waals surface area contributed by atoms with E-state index >= 15 is 0 Å². The predicted octanol–water partition coefficient (Wildman–Crippen LogP) is 2.54. The molecule has 1 N–H and O–H groups in total. The first-order valence-electron chi connectivity index (χ1n) is 8.00. The molecule has 128 valence electrons. The van der Waals surface area contributed by atoms with Gasteiger partial charge in [0.15, 0.2) is 0 Å². The van der Waals surface area contributed by atoms with E-state index < -0.39 is 18.4 Å². The molecule has 6 nitrogen and oxygen atoms in total. The van der Waals surface area contributed by atoms with Crippen LogP contribution in [0.2, 0.25) is 0 Å². The molecule has 1 aliphatic rings. The van der Waals surface area contributed by atoms with Crippen LogP contribution in [0.3, 0.4) is 0 Å². The van der Waals surface area contributed by atoms with Gasteiger partial charge in [-0.05, 0) is 38.2 Å². The summed E-state index contributed by atoms with van der Waals surface area (Å²) in [5, 5.41) is 0. The fraction of sp³-hybridized carbons (Fsp3) is 0.562. The monoisotopic (exact) mass is 340 g/mol. The van der Waals surface area contributed by atoms with Gasteiger partial charge in [-0.2, -0.15) is 0 Å². The van der Waals surface area contributed by atoms with E-state index in [1.807, 2.05) is 13.0 Å². The number of H-pyrrole nitrogens is 1. The lowest BCUT2D eigenvalue weighted by Crippen LogP contribution is -2.31. The zero-order chi connectivity index (χ0) is 16.9. The van der Waals surface area contributed by atoms with E-state index in [9.17, 15) is 9.59 Å². The summed E-state index contributed by atoms with van der Waals surface area (Å²) in [6.07, 6.45) is 10.9. The standard InChI is InChI=1S/C16H25N2O4P/c1-4-11-23(3,21-5-2)12-9-13-6-7-15(22-13)18-10-8-14(19)17-16(18)20/h8-10,12-13,15H,3-7,11H2,1-2H3,(H,17,19,20)/b12-9+. The summed E-state index contributed by atoms with van der Waals surface area (Å²) in [5.41, 5.74) is -0.838. The van der Waals surface area contributed by atoms with E-state index in [0.717, 1.165) is 25.4 Å². The van der Waals surface area contributed by atoms with E-state index in [2.05, 4.69) is 24.0 Å². The lowest BCUT2D eigenvalue weighted by molar-refractivity contribution is 0.0203. The van der Waals surface area contributed by atoms with Gasteiger partial charge in [0.05, 0.1) is 6.10 Å². The van der Waals surface area contributed by atoms with E-state index in [1.165, 1.54) is 16.8 Å². The molecule has 1 aromatic heterocycles. The van der Waals surface area contributed by atoms with Crippen molar-refractivity contribution >= 4 is 13.4 Å². The van der Waals surface area contributed by atoms with E-state index in [-0.39, 0.29) is 12.3 Å². The third-order valence-corrected chi connectivity index (χ3v) is 6.44. The molecule has 0 bridgehead atoms. The Morgan fingerprint density at radius 3 is 2.91 bits per heavy atom. The molecule has 23 heavy (non-hydrogen) atoms. The molecule has 2 rings (SSSR count). The van der Waals surface area contributed by atoms with Crippen molar-refractivity contribution in [3.8, 4) is 0 Å². The number of hydrogen-bond acceptors (Lipinski definition) is 4. The number of nitrogens with zero attached hydrogens (tertiary/aromatic N) is 1. The second-order valence-corrected chi connectivity index (χ2v) is 8.57. The van der Waals surface area contributed by atoms with Gasteiger partial charge in [-0.3, -0.25) is 14.3 Å². The van der Waals surface area contributed by atoms with Gasteiger partial charge in [0.25, 0.3) is 5.56 Å². The second-order valence-electron chi connectivity index (χ2n) is 5.66. The summed E-state index contributed by atoms with van der Waals surface area (Å²) in [4.78, 5) is 25.2. The molecular weight excluding hydrogens is 315 g/mol. The molecule has 2 heterocycles. The van der Waals surface area contributed by atoms with E-state index in [0.29, 0.717) is 6.61 Å². The molecule has 0 spiro atoms. The number of rotatable bonds is 7. The van der Waals surface area contributed by atoms with Crippen molar-refractivity contribution in [1.82, 2.24) is 9.55 Å². The topological polar surface area (TPSA) is 73.3 Å². The Bertz CT molecular complexity index is 697. The number of nitrogens with one attached hydrogen (secondary N) is 1. The van der Waals surface area contributed by atoms with Crippen LogP contribution in [-0.2, 0) is 9.26 Å². The van der Waals surface area contributed by atoms with E-state index in [1.54, 1.807) is 0 Å². The highest BCUT2D eigenvalue weighted by Crippen LogP contribution is 2.48. The number of ether oxygens (including phenoxy) is 1. The zero-order valence-corrected chi connectivity index (χ0v) is 14.6. The Morgan fingerprint density at radius 2 is 2.26 bits per heavy atom. The van der Waals surface area contributed by atoms with Gasteiger partial charge in [-0.1, -0.05) is 19.3 Å². The number of aromatic amines is 1.